The van der Waals surface area contributed by atoms with Crippen molar-refractivity contribution in [3.8, 4) is 0 Å². The molecular formula is C17H20N4. The highest BCUT2D eigenvalue weighted by Gasteiger charge is 2.19. The Kier molecular flexibility index (Phi) is 3.97. The van der Waals surface area contributed by atoms with Crippen LogP contribution < -0.4 is 5.32 Å². The summed E-state index contributed by atoms with van der Waals surface area (Å²) in [6.45, 7) is 3.13. The number of nitrogens with zero attached hydrogens (tertiary/aromatic N) is 3. The molecule has 108 valence electrons. The van der Waals surface area contributed by atoms with Crippen LogP contribution >= 0.6 is 0 Å². The van der Waals surface area contributed by atoms with Gasteiger partial charge in [-0.25, -0.2) is 4.98 Å². The average molecular weight is 280 g/mol. The van der Waals surface area contributed by atoms with Gasteiger partial charge in [-0.05, 0) is 30.7 Å². The van der Waals surface area contributed by atoms with E-state index in [0.29, 0.717) is 0 Å². The van der Waals surface area contributed by atoms with E-state index in [1.165, 1.54) is 10.9 Å². The molecule has 1 N–H and O–H groups in total. The Bertz CT molecular complexity index is 727. The second-order valence-electron chi connectivity index (χ2n) is 5.20. The van der Waals surface area contributed by atoms with E-state index < -0.39 is 0 Å². The number of hydrogen-bond acceptors (Lipinski definition) is 3. The number of para-hydroxylation sites is 1. The number of fused-ring (bicyclic) bond motifs is 1. The smallest absolute Gasteiger partial charge is 0.130 e. The summed E-state index contributed by atoms with van der Waals surface area (Å²) < 4.78 is 2.07. The predicted octanol–water partition coefficient (Wildman–Crippen LogP) is 3.06. The SMILES string of the molecule is CCCNC(c1ccnc2ccccc12)c1nccn1C. The lowest BCUT2D eigenvalue weighted by Crippen LogP contribution is -2.26. The molecule has 3 rings (SSSR count). The maximum atomic E-state index is 4.53. The van der Waals surface area contributed by atoms with Crippen molar-refractivity contribution in [1.29, 1.82) is 0 Å². The third-order valence-corrected chi connectivity index (χ3v) is 3.71. The van der Waals surface area contributed by atoms with Gasteiger partial charge in [0, 0.05) is 31.0 Å². The number of aryl methyl sites for hydroxylation is 1. The van der Waals surface area contributed by atoms with E-state index in [0.717, 1.165) is 24.3 Å². The Morgan fingerprint density at radius 3 is 2.76 bits per heavy atom. The third kappa shape index (κ3) is 2.67. The lowest BCUT2D eigenvalue weighted by molar-refractivity contribution is 0.558. The molecule has 0 aliphatic heterocycles. The van der Waals surface area contributed by atoms with E-state index in [1.54, 1.807) is 0 Å². The number of hydrogen-bond donors (Lipinski definition) is 1. The zero-order valence-electron chi connectivity index (χ0n) is 12.5. The van der Waals surface area contributed by atoms with E-state index in [4.69, 9.17) is 0 Å². The molecule has 1 unspecified atom stereocenters. The van der Waals surface area contributed by atoms with Crippen LogP contribution in [0.15, 0.2) is 48.9 Å². The van der Waals surface area contributed by atoms with E-state index in [-0.39, 0.29) is 6.04 Å². The monoisotopic (exact) mass is 280 g/mol. The van der Waals surface area contributed by atoms with Crippen LogP contribution in [0.2, 0.25) is 0 Å². The first-order valence-electron chi connectivity index (χ1n) is 7.35. The maximum Gasteiger partial charge on any atom is 0.130 e. The van der Waals surface area contributed by atoms with Gasteiger partial charge in [0.25, 0.3) is 0 Å². The Labute approximate surface area is 124 Å². The average Bonchev–Trinajstić information content (AvgIpc) is 2.94. The molecule has 0 bridgehead atoms. The molecule has 4 nitrogen and oxygen atoms in total. The zero-order chi connectivity index (χ0) is 14.7. The molecule has 2 heterocycles. The Morgan fingerprint density at radius 2 is 2.00 bits per heavy atom. The Hall–Kier alpha value is -2.20. The normalized spacial score (nSPS) is 12.7. The van der Waals surface area contributed by atoms with Crippen LogP contribution in [0.3, 0.4) is 0 Å². The van der Waals surface area contributed by atoms with Gasteiger partial charge in [-0.3, -0.25) is 4.98 Å². The molecule has 0 fully saturated rings. The molecule has 1 atom stereocenters. The maximum absolute atomic E-state index is 4.53. The summed E-state index contributed by atoms with van der Waals surface area (Å²) in [6, 6.07) is 10.4. The first-order chi connectivity index (χ1) is 10.3. The van der Waals surface area contributed by atoms with Gasteiger partial charge in [-0.2, -0.15) is 0 Å². The predicted molar refractivity (Wildman–Crippen MR) is 85.1 cm³/mol. The van der Waals surface area contributed by atoms with Crippen LogP contribution in [-0.4, -0.2) is 21.1 Å². The van der Waals surface area contributed by atoms with Crippen LogP contribution in [0.25, 0.3) is 10.9 Å². The lowest BCUT2D eigenvalue weighted by Gasteiger charge is -2.20. The van der Waals surface area contributed by atoms with Crippen LogP contribution in [0.1, 0.15) is 30.8 Å². The number of benzene rings is 1. The summed E-state index contributed by atoms with van der Waals surface area (Å²) in [4.78, 5) is 8.99. The second kappa shape index (κ2) is 6.06. The van der Waals surface area contributed by atoms with E-state index >= 15 is 0 Å². The number of nitrogens with one attached hydrogen (secondary N) is 1. The lowest BCUT2D eigenvalue weighted by atomic mass is 10.0. The molecule has 0 saturated heterocycles. The number of pyridine rings is 1. The van der Waals surface area contributed by atoms with Crippen LogP contribution in [-0.2, 0) is 7.05 Å². The van der Waals surface area contributed by atoms with Gasteiger partial charge in [-0.15, -0.1) is 0 Å². The van der Waals surface area contributed by atoms with E-state index in [1.807, 2.05) is 37.8 Å². The molecule has 3 aromatic rings. The fourth-order valence-electron chi connectivity index (χ4n) is 2.65. The van der Waals surface area contributed by atoms with Crippen molar-refractivity contribution in [1.82, 2.24) is 19.9 Å². The molecule has 0 radical (unpaired) electrons. The van der Waals surface area contributed by atoms with Crippen molar-refractivity contribution in [2.75, 3.05) is 6.54 Å². The van der Waals surface area contributed by atoms with Crippen LogP contribution in [0.4, 0.5) is 0 Å². The van der Waals surface area contributed by atoms with Gasteiger partial charge >= 0.3 is 0 Å². The summed E-state index contributed by atoms with van der Waals surface area (Å²) in [7, 11) is 2.03. The topological polar surface area (TPSA) is 42.7 Å². The number of rotatable bonds is 5. The van der Waals surface area contributed by atoms with Crippen molar-refractivity contribution in [3.05, 3.63) is 60.3 Å². The fraction of sp³-hybridized carbons (Fsp3) is 0.294. The summed E-state index contributed by atoms with van der Waals surface area (Å²) in [5.74, 6) is 1.03. The highest BCUT2D eigenvalue weighted by atomic mass is 15.1. The minimum atomic E-state index is 0.0813. The molecule has 4 heteroatoms. The molecule has 0 amide bonds. The van der Waals surface area contributed by atoms with E-state index in [2.05, 4.69) is 45.0 Å². The van der Waals surface area contributed by atoms with Crippen molar-refractivity contribution in [2.45, 2.75) is 19.4 Å². The fourth-order valence-corrected chi connectivity index (χ4v) is 2.65. The Balaban J connectivity index is 2.12. The molecule has 0 saturated carbocycles. The molecule has 2 aromatic heterocycles. The Morgan fingerprint density at radius 1 is 1.14 bits per heavy atom. The molecular weight excluding hydrogens is 260 g/mol. The molecule has 0 aliphatic carbocycles. The third-order valence-electron chi connectivity index (χ3n) is 3.71. The first kappa shape index (κ1) is 13.8. The van der Waals surface area contributed by atoms with Crippen LogP contribution in [0, 0.1) is 0 Å². The van der Waals surface area contributed by atoms with Crippen molar-refractivity contribution in [2.24, 2.45) is 7.05 Å². The van der Waals surface area contributed by atoms with Gasteiger partial charge in [0.2, 0.25) is 0 Å². The minimum Gasteiger partial charge on any atom is -0.336 e. The molecule has 0 spiro atoms. The van der Waals surface area contributed by atoms with E-state index in [9.17, 15) is 0 Å². The van der Waals surface area contributed by atoms with Gasteiger partial charge in [0.1, 0.15) is 5.82 Å². The second-order valence-corrected chi connectivity index (χ2v) is 5.20. The van der Waals surface area contributed by atoms with Gasteiger partial charge in [0.15, 0.2) is 0 Å². The highest BCUT2D eigenvalue weighted by molar-refractivity contribution is 5.82. The van der Waals surface area contributed by atoms with Crippen LogP contribution in [0.5, 0.6) is 0 Å². The first-order valence-corrected chi connectivity index (χ1v) is 7.35. The molecule has 21 heavy (non-hydrogen) atoms. The molecule has 0 aliphatic rings. The number of imidazole rings is 1. The summed E-state index contributed by atoms with van der Waals surface area (Å²) >= 11 is 0. The van der Waals surface area contributed by atoms with Gasteiger partial charge in [-0.1, -0.05) is 25.1 Å². The summed E-state index contributed by atoms with van der Waals surface area (Å²) in [5, 5.41) is 4.79. The van der Waals surface area contributed by atoms with Gasteiger partial charge in [0.05, 0.1) is 11.6 Å². The summed E-state index contributed by atoms with van der Waals surface area (Å²) in [6.07, 6.45) is 6.80. The largest absolute Gasteiger partial charge is 0.336 e. The van der Waals surface area contributed by atoms with Gasteiger partial charge < -0.3 is 9.88 Å². The zero-order valence-corrected chi connectivity index (χ0v) is 12.5. The van der Waals surface area contributed by atoms with Crippen molar-refractivity contribution >= 4 is 10.9 Å². The quantitative estimate of drug-likeness (QED) is 0.781. The van der Waals surface area contributed by atoms with Crippen molar-refractivity contribution in [3.63, 3.8) is 0 Å². The standard InChI is InChI=1S/C17H20N4/c1-3-9-19-16(17-20-11-12-21(17)2)14-8-10-18-15-7-5-4-6-13(14)15/h4-8,10-12,16,19H,3,9H2,1-2H3. The summed E-state index contributed by atoms with van der Waals surface area (Å²) in [5.41, 5.74) is 2.25. The molecule has 1 aromatic carbocycles. The number of aromatic nitrogens is 3. The minimum absolute atomic E-state index is 0.0813. The highest BCUT2D eigenvalue weighted by Crippen LogP contribution is 2.26. The van der Waals surface area contributed by atoms with Crippen molar-refractivity contribution < 1.29 is 0 Å².